The van der Waals surface area contributed by atoms with E-state index in [0.717, 1.165) is 25.3 Å². The third-order valence-electron chi connectivity index (χ3n) is 7.16. The van der Waals surface area contributed by atoms with Crippen LogP contribution in [0.25, 0.3) is 22.4 Å². The summed E-state index contributed by atoms with van der Waals surface area (Å²) in [5.41, 5.74) is 1.62. The minimum atomic E-state index is -3.78. The second kappa shape index (κ2) is 10.1. The highest BCUT2D eigenvalue weighted by atomic mass is 32.2. The van der Waals surface area contributed by atoms with Gasteiger partial charge in [-0.1, -0.05) is 13.8 Å². The summed E-state index contributed by atoms with van der Waals surface area (Å²) >= 11 is 0. The predicted octanol–water partition coefficient (Wildman–Crippen LogP) is 0.955. The number of aromatic amines is 1. The number of ether oxygens (including phenoxy) is 1. The number of likely N-dealkylation sites (N-methyl/N-ethyl adjacent to an activating group) is 2. The van der Waals surface area contributed by atoms with E-state index in [9.17, 15) is 13.2 Å². The number of pyridine rings is 1. The molecule has 200 valence electrons. The Morgan fingerprint density at radius 2 is 1.84 bits per heavy atom. The van der Waals surface area contributed by atoms with Gasteiger partial charge in [-0.3, -0.25) is 9.48 Å². The average Bonchev–Trinajstić information content (AvgIpc) is 3.25. The molecule has 2 aliphatic rings. The van der Waals surface area contributed by atoms with E-state index in [4.69, 9.17) is 9.72 Å². The largest absolute Gasteiger partial charge is 0.477 e. The van der Waals surface area contributed by atoms with Gasteiger partial charge in [0, 0.05) is 39.3 Å². The van der Waals surface area contributed by atoms with Crippen molar-refractivity contribution in [1.29, 1.82) is 0 Å². The number of fused-ring (bicyclic) bond motifs is 1. The summed E-state index contributed by atoms with van der Waals surface area (Å²) in [6.07, 6.45) is 1.97. The molecule has 0 aromatic carbocycles. The minimum Gasteiger partial charge on any atom is -0.477 e. The maximum absolute atomic E-state index is 13.5. The van der Waals surface area contributed by atoms with Gasteiger partial charge in [0.15, 0.2) is 5.52 Å². The van der Waals surface area contributed by atoms with E-state index in [1.54, 1.807) is 0 Å². The number of sulfonamides is 1. The lowest BCUT2D eigenvalue weighted by atomic mass is 10.1. The maximum atomic E-state index is 13.5. The van der Waals surface area contributed by atoms with E-state index < -0.39 is 10.0 Å². The number of aryl methyl sites for hydroxylation is 1. The van der Waals surface area contributed by atoms with Crippen LogP contribution >= 0.6 is 0 Å². The summed E-state index contributed by atoms with van der Waals surface area (Å²) in [7, 11) is -1.74. The maximum Gasteiger partial charge on any atom is 0.279 e. The lowest BCUT2D eigenvalue weighted by molar-refractivity contribution is 0.129. The molecule has 3 aromatic heterocycles. The molecule has 5 rings (SSSR count). The standard InChI is InChI=1S/C24H34N8O4S/c1-5-19-20-21(28-32(19)16-14-29(4)15-16)23(33)27-22(26-20)18-12-17(13-25-24(18)36-7-3)37(34,35)31-10-8-30(6-2)9-11-31/h12-13,16H,5-11,14-15H2,1-4H3,(H,26,27,33). The zero-order chi connectivity index (χ0) is 26.3. The van der Waals surface area contributed by atoms with Crippen LogP contribution in [0.2, 0.25) is 0 Å². The highest BCUT2D eigenvalue weighted by Gasteiger charge is 2.31. The Morgan fingerprint density at radius 1 is 1.11 bits per heavy atom. The second-order valence-corrected chi connectivity index (χ2v) is 11.5. The van der Waals surface area contributed by atoms with Gasteiger partial charge in [0.2, 0.25) is 15.9 Å². The Morgan fingerprint density at radius 3 is 2.46 bits per heavy atom. The highest BCUT2D eigenvalue weighted by Crippen LogP contribution is 2.31. The van der Waals surface area contributed by atoms with Crippen molar-refractivity contribution in [2.24, 2.45) is 0 Å². The lowest BCUT2D eigenvalue weighted by Crippen LogP contribution is -2.48. The third-order valence-corrected chi connectivity index (χ3v) is 9.02. The zero-order valence-electron chi connectivity index (χ0n) is 21.8. The van der Waals surface area contributed by atoms with E-state index >= 15 is 0 Å². The van der Waals surface area contributed by atoms with Crippen LogP contribution in [0.4, 0.5) is 0 Å². The summed E-state index contributed by atoms with van der Waals surface area (Å²) in [5, 5.41) is 4.59. The molecule has 0 radical (unpaired) electrons. The van der Waals surface area contributed by atoms with Gasteiger partial charge in [-0.05, 0) is 33.0 Å². The van der Waals surface area contributed by atoms with Gasteiger partial charge in [-0.15, -0.1) is 0 Å². The average molecular weight is 531 g/mol. The first kappa shape index (κ1) is 25.8. The summed E-state index contributed by atoms with van der Waals surface area (Å²) in [4.78, 5) is 29.5. The molecule has 12 nitrogen and oxygen atoms in total. The predicted molar refractivity (Wildman–Crippen MR) is 139 cm³/mol. The van der Waals surface area contributed by atoms with Crippen LogP contribution < -0.4 is 10.3 Å². The Hall–Kier alpha value is -2.87. The van der Waals surface area contributed by atoms with Crippen LogP contribution in [0.1, 0.15) is 32.5 Å². The van der Waals surface area contributed by atoms with Crippen LogP contribution in [0.15, 0.2) is 22.0 Å². The van der Waals surface area contributed by atoms with E-state index in [-0.39, 0.29) is 33.7 Å². The molecular formula is C24H34N8O4S. The molecule has 1 N–H and O–H groups in total. The zero-order valence-corrected chi connectivity index (χ0v) is 22.6. The first-order chi connectivity index (χ1) is 17.8. The van der Waals surface area contributed by atoms with Crippen molar-refractivity contribution in [2.45, 2.75) is 38.1 Å². The fourth-order valence-corrected chi connectivity index (χ4v) is 6.44. The quantitative estimate of drug-likeness (QED) is 0.452. The number of rotatable bonds is 8. The van der Waals surface area contributed by atoms with Crippen LogP contribution in [-0.2, 0) is 16.4 Å². The Kier molecular flexibility index (Phi) is 7.05. The number of hydrogen-bond acceptors (Lipinski definition) is 9. The number of likely N-dealkylation sites (tertiary alicyclic amines) is 1. The fourth-order valence-electron chi connectivity index (χ4n) is 5.05. The van der Waals surface area contributed by atoms with Crippen molar-refractivity contribution in [1.82, 2.24) is 38.8 Å². The normalized spacial score (nSPS) is 18.4. The van der Waals surface area contributed by atoms with Crippen LogP contribution in [0.5, 0.6) is 5.88 Å². The van der Waals surface area contributed by atoms with Gasteiger partial charge >= 0.3 is 0 Å². The number of H-pyrrole nitrogens is 1. The fraction of sp³-hybridized carbons (Fsp3) is 0.583. The molecule has 37 heavy (non-hydrogen) atoms. The molecule has 2 fully saturated rings. The summed E-state index contributed by atoms with van der Waals surface area (Å²) < 4.78 is 36.1. The summed E-state index contributed by atoms with van der Waals surface area (Å²) in [5.74, 6) is 0.423. The van der Waals surface area contributed by atoms with Crippen molar-refractivity contribution in [2.75, 3.05) is 59.5 Å². The molecule has 2 saturated heterocycles. The number of aromatic nitrogens is 5. The molecule has 0 atom stereocenters. The molecular weight excluding hydrogens is 496 g/mol. The van der Waals surface area contributed by atoms with E-state index in [2.05, 4.69) is 31.8 Å². The Bertz CT molecular complexity index is 1450. The number of nitrogens with zero attached hydrogens (tertiary/aromatic N) is 7. The second-order valence-electron chi connectivity index (χ2n) is 9.53. The van der Waals surface area contributed by atoms with Crippen molar-refractivity contribution in [3.63, 3.8) is 0 Å². The first-order valence-corrected chi connectivity index (χ1v) is 14.3. The van der Waals surface area contributed by atoms with Crippen molar-refractivity contribution in [3.8, 4) is 17.3 Å². The molecule has 0 unspecified atom stereocenters. The van der Waals surface area contributed by atoms with Gasteiger partial charge in [0.1, 0.15) is 16.2 Å². The van der Waals surface area contributed by atoms with Crippen LogP contribution in [0, 0.1) is 0 Å². The summed E-state index contributed by atoms with van der Waals surface area (Å²) in [6.45, 7) is 11.0. The Balaban J connectivity index is 1.58. The first-order valence-electron chi connectivity index (χ1n) is 12.8. The minimum absolute atomic E-state index is 0.0440. The molecule has 2 aliphatic heterocycles. The van der Waals surface area contributed by atoms with Gasteiger partial charge in [0.25, 0.3) is 5.56 Å². The number of nitrogens with one attached hydrogen (secondary N) is 1. The Labute approximate surface area is 216 Å². The lowest BCUT2D eigenvalue weighted by Gasteiger charge is -2.36. The van der Waals surface area contributed by atoms with Crippen molar-refractivity contribution >= 4 is 21.1 Å². The SMILES string of the molecule is CCOc1ncc(S(=O)(=O)N2CCN(CC)CC2)cc1-c1nc2c(CC)n(C3CN(C)C3)nc2c(=O)[nH]1. The molecule has 0 amide bonds. The molecule has 0 saturated carbocycles. The van der Waals surface area contributed by atoms with E-state index in [0.29, 0.717) is 50.3 Å². The van der Waals surface area contributed by atoms with Crippen LogP contribution in [0.3, 0.4) is 0 Å². The monoisotopic (exact) mass is 530 g/mol. The van der Waals surface area contributed by atoms with Crippen molar-refractivity contribution in [3.05, 3.63) is 28.3 Å². The molecule has 13 heteroatoms. The molecule has 0 bridgehead atoms. The molecule has 0 aliphatic carbocycles. The van der Waals surface area contributed by atoms with Crippen molar-refractivity contribution < 1.29 is 13.2 Å². The molecule has 3 aromatic rings. The molecule has 5 heterocycles. The highest BCUT2D eigenvalue weighted by molar-refractivity contribution is 7.89. The number of hydrogen-bond donors (Lipinski definition) is 1. The van der Waals surface area contributed by atoms with E-state index in [1.165, 1.54) is 16.6 Å². The van der Waals surface area contributed by atoms with Gasteiger partial charge in [0.05, 0.1) is 30.1 Å². The summed E-state index contributed by atoms with van der Waals surface area (Å²) in [6, 6.07) is 1.69. The third kappa shape index (κ3) is 4.65. The van der Waals surface area contributed by atoms with E-state index in [1.807, 2.05) is 25.6 Å². The van der Waals surface area contributed by atoms with Gasteiger partial charge < -0.3 is 19.5 Å². The number of piperazine rings is 1. The molecule has 0 spiro atoms. The van der Waals surface area contributed by atoms with Gasteiger partial charge in [-0.2, -0.15) is 9.40 Å². The topological polar surface area (TPSA) is 130 Å². The van der Waals surface area contributed by atoms with Gasteiger partial charge in [-0.25, -0.2) is 18.4 Å². The van der Waals surface area contributed by atoms with Crippen LogP contribution in [-0.4, -0.2) is 107 Å². The smallest absolute Gasteiger partial charge is 0.279 e.